The molecular formula is C17H22N6O4. The van der Waals surface area contributed by atoms with Crippen LogP contribution < -0.4 is 16.3 Å². The molecule has 4 rings (SSSR count). The Kier molecular flexibility index (Phi) is 4.12. The third-order valence-corrected chi connectivity index (χ3v) is 5.60. The van der Waals surface area contributed by atoms with Crippen LogP contribution in [0.1, 0.15) is 25.7 Å². The maximum absolute atomic E-state index is 13.1. The first kappa shape index (κ1) is 17.5. The Morgan fingerprint density at radius 3 is 2.67 bits per heavy atom. The van der Waals surface area contributed by atoms with Gasteiger partial charge in [0, 0.05) is 27.2 Å². The van der Waals surface area contributed by atoms with Crippen molar-refractivity contribution in [1.82, 2.24) is 23.7 Å². The Balaban J connectivity index is 1.81. The summed E-state index contributed by atoms with van der Waals surface area (Å²) in [7, 11) is 3.11. The highest BCUT2D eigenvalue weighted by Gasteiger charge is 2.39. The molecule has 2 aromatic heterocycles. The van der Waals surface area contributed by atoms with Crippen LogP contribution in [-0.4, -0.2) is 61.1 Å². The van der Waals surface area contributed by atoms with Crippen molar-refractivity contribution in [3.8, 4) is 0 Å². The smallest absolute Gasteiger partial charge is 0.331 e. The van der Waals surface area contributed by atoms with Crippen LogP contribution in [0, 0.1) is 0 Å². The van der Waals surface area contributed by atoms with Gasteiger partial charge in [0.2, 0.25) is 5.91 Å². The Morgan fingerprint density at radius 1 is 1.19 bits per heavy atom. The molecule has 2 saturated heterocycles. The van der Waals surface area contributed by atoms with E-state index in [9.17, 15) is 19.2 Å². The molecule has 2 aliphatic heterocycles. The quantitative estimate of drug-likeness (QED) is 0.621. The molecule has 2 aliphatic rings. The maximum atomic E-state index is 13.1. The van der Waals surface area contributed by atoms with Gasteiger partial charge in [-0.05, 0) is 25.7 Å². The van der Waals surface area contributed by atoms with Gasteiger partial charge in [-0.1, -0.05) is 0 Å². The number of hydrogen-bond acceptors (Lipinski definition) is 6. The Morgan fingerprint density at radius 2 is 1.93 bits per heavy atom. The predicted molar refractivity (Wildman–Crippen MR) is 97.1 cm³/mol. The van der Waals surface area contributed by atoms with E-state index in [1.165, 1.54) is 18.1 Å². The standard InChI is InChI=1S/C17H22N6O4/c1-19-10-18-14-13(19)16(26)20(2)17(27)23(14)22-8-4-6-12(22)15(25)21-7-3-5-11(21)9-24/h9-12H,3-8H2,1-2H3/t11-,12+/m1/s1. The fourth-order valence-electron chi connectivity index (χ4n) is 4.17. The highest BCUT2D eigenvalue weighted by atomic mass is 16.2. The lowest BCUT2D eigenvalue weighted by Gasteiger charge is -2.31. The van der Waals surface area contributed by atoms with Gasteiger partial charge in [-0.2, -0.15) is 4.68 Å². The summed E-state index contributed by atoms with van der Waals surface area (Å²) < 4.78 is 3.95. The number of carbonyl (C=O) groups is 2. The van der Waals surface area contributed by atoms with Gasteiger partial charge in [-0.3, -0.25) is 19.2 Å². The summed E-state index contributed by atoms with van der Waals surface area (Å²) in [5.41, 5.74) is -0.394. The van der Waals surface area contributed by atoms with Crippen LogP contribution in [0.15, 0.2) is 15.9 Å². The maximum Gasteiger partial charge on any atom is 0.351 e. The van der Waals surface area contributed by atoms with Crippen LogP contribution in [0.25, 0.3) is 11.2 Å². The average molecular weight is 374 g/mol. The summed E-state index contributed by atoms with van der Waals surface area (Å²) >= 11 is 0. The third kappa shape index (κ3) is 2.50. The van der Waals surface area contributed by atoms with Crippen LogP contribution >= 0.6 is 0 Å². The second kappa shape index (κ2) is 6.36. The van der Waals surface area contributed by atoms with Crippen molar-refractivity contribution in [1.29, 1.82) is 0 Å². The number of amides is 1. The number of imidazole rings is 1. The molecule has 0 unspecified atom stereocenters. The van der Waals surface area contributed by atoms with E-state index in [0.29, 0.717) is 31.4 Å². The Hall–Kier alpha value is -2.91. The summed E-state index contributed by atoms with van der Waals surface area (Å²) in [5, 5.41) is 1.69. The molecule has 27 heavy (non-hydrogen) atoms. The summed E-state index contributed by atoms with van der Waals surface area (Å²) in [4.78, 5) is 55.6. The minimum absolute atomic E-state index is 0.146. The lowest BCUT2D eigenvalue weighted by Crippen LogP contribution is -2.56. The van der Waals surface area contributed by atoms with E-state index < -0.39 is 23.3 Å². The van der Waals surface area contributed by atoms with Gasteiger partial charge >= 0.3 is 5.69 Å². The molecule has 10 nitrogen and oxygen atoms in total. The van der Waals surface area contributed by atoms with Crippen molar-refractivity contribution in [3.63, 3.8) is 0 Å². The summed E-state index contributed by atoms with van der Waals surface area (Å²) in [6.07, 6.45) is 5.10. The van der Waals surface area contributed by atoms with Crippen LogP contribution in [-0.2, 0) is 23.7 Å². The van der Waals surface area contributed by atoms with Crippen molar-refractivity contribution >= 4 is 23.4 Å². The van der Waals surface area contributed by atoms with E-state index in [4.69, 9.17) is 0 Å². The van der Waals surface area contributed by atoms with Crippen molar-refractivity contribution < 1.29 is 9.59 Å². The molecular weight excluding hydrogens is 352 g/mol. The van der Waals surface area contributed by atoms with Crippen molar-refractivity contribution in [2.45, 2.75) is 37.8 Å². The van der Waals surface area contributed by atoms with Crippen molar-refractivity contribution in [2.75, 3.05) is 18.1 Å². The number of aromatic nitrogens is 4. The molecule has 1 amide bonds. The van der Waals surface area contributed by atoms with E-state index in [1.54, 1.807) is 21.5 Å². The number of fused-ring (bicyclic) bond motifs is 1. The van der Waals surface area contributed by atoms with Gasteiger partial charge in [0.25, 0.3) is 5.56 Å². The van der Waals surface area contributed by atoms with E-state index in [0.717, 1.165) is 23.7 Å². The summed E-state index contributed by atoms with van der Waals surface area (Å²) in [5.74, 6) is -0.146. The molecule has 2 aromatic rings. The van der Waals surface area contributed by atoms with E-state index >= 15 is 0 Å². The second-order valence-electron chi connectivity index (χ2n) is 7.18. The molecule has 0 aromatic carbocycles. The third-order valence-electron chi connectivity index (χ3n) is 5.60. The number of nitrogens with zero attached hydrogens (tertiary/aromatic N) is 6. The highest BCUT2D eigenvalue weighted by Crippen LogP contribution is 2.23. The topological polar surface area (TPSA) is 102 Å². The molecule has 0 saturated carbocycles. The fraction of sp³-hybridized carbons (Fsp3) is 0.588. The zero-order valence-electron chi connectivity index (χ0n) is 15.4. The van der Waals surface area contributed by atoms with Gasteiger partial charge in [-0.15, -0.1) is 0 Å². The van der Waals surface area contributed by atoms with Gasteiger partial charge in [-0.25, -0.2) is 9.78 Å². The molecule has 144 valence electrons. The number of likely N-dealkylation sites (tertiary alicyclic amines) is 1. The lowest BCUT2D eigenvalue weighted by molar-refractivity contribution is -0.135. The van der Waals surface area contributed by atoms with E-state index in [2.05, 4.69) is 4.98 Å². The lowest BCUT2D eigenvalue weighted by atomic mass is 10.2. The highest BCUT2D eigenvalue weighted by molar-refractivity contribution is 5.87. The first-order valence-electron chi connectivity index (χ1n) is 9.11. The molecule has 0 spiro atoms. The first-order chi connectivity index (χ1) is 13.0. The minimum atomic E-state index is -0.550. The monoisotopic (exact) mass is 374 g/mol. The van der Waals surface area contributed by atoms with E-state index in [1.807, 2.05) is 0 Å². The fourth-order valence-corrected chi connectivity index (χ4v) is 4.17. The van der Waals surface area contributed by atoms with Gasteiger partial charge in [0.05, 0.1) is 12.4 Å². The molecule has 0 aliphatic carbocycles. The largest absolute Gasteiger partial charge is 0.351 e. The predicted octanol–water partition coefficient (Wildman–Crippen LogP) is -1.28. The minimum Gasteiger partial charge on any atom is -0.331 e. The SMILES string of the molecule is Cn1c(=O)c2c(ncn2C)n(N2CCC[C@H]2C(=O)N2CCC[C@@H]2C=O)c1=O. The average Bonchev–Trinajstić information content (AvgIpc) is 3.39. The van der Waals surface area contributed by atoms with Crippen LogP contribution in [0.4, 0.5) is 0 Å². The first-order valence-corrected chi connectivity index (χ1v) is 9.11. The molecule has 2 atom stereocenters. The van der Waals surface area contributed by atoms with Gasteiger partial charge in [0.15, 0.2) is 11.2 Å². The number of rotatable bonds is 3. The molecule has 10 heteroatoms. The summed E-state index contributed by atoms with van der Waals surface area (Å²) in [6.45, 7) is 1.05. The Labute approximate surface area is 154 Å². The number of carbonyl (C=O) groups excluding carboxylic acids is 2. The van der Waals surface area contributed by atoms with Gasteiger partial charge < -0.3 is 14.3 Å². The number of aryl methyl sites for hydroxylation is 1. The normalized spacial score (nSPS) is 22.7. The van der Waals surface area contributed by atoms with Crippen molar-refractivity contribution in [3.05, 3.63) is 27.2 Å². The molecule has 0 N–H and O–H groups in total. The number of hydrogen-bond donors (Lipinski definition) is 0. The van der Waals surface area contributed by atoms with Crippen molar-refractivity contribution in [2.24, 2.45) is 14.1 Å². The Bertz CT molecular complexity index is 1030. The molecule has 2 fully saturated rings. The van der Waals surface area contributed by atoms with Crippen LogP contribution in [0.5, 0.6) is 0 Å². The van der Waals surface area contributed by atoms with Crippen LogP contribution in [0.3, 0.4) is 0 Å². The summed E-state index contributed by atoms with van der Waals surface area (Å²) in [6, 6.07) is -0.947. The molecule has 0 radical (unpaired) electrons. The van der Waals surface area contributed by atoms with Crippen LogP contribution in [0.2, 0.25) is 0 Å². The number of aldehydes is 1. The van der Waals surface area contributed by atoms with Gasteiger partial charge in [0.1, 0.15) is 12.3 Å². The van der Waals surface area contributed by atoms with E-state index in [-0.39, 0.29) is 11.6 Å². The second-order valence-corrected chi connectivity index (χ2v) is 7.18. The zero-order chi connectivity index (χ0) is 19.3. The zero-order valence-corrected chi connectivity index (χ0v) is 15.4. The molecule has 0 bridgehead atoms. The molecule has 4 heterocycles.